The maximum atomic E-state index is 11.4. The van der Waals surface area contributed by atoms with Gasteiger partial charge in [0.2, 0.25) is 0 Å². The lowest BCUT2D eigenvalue weighted by Gasteiger charge is -2.05. The van der Waals surface area contributed by atoms with E-state index in [0.717, 1.165) is 0 Å². The zero-order chi connectivity index (χ0) is 11.6. The Morgan fingerprint density at radius 1 is 1.53 bits per heavy atom. The molecule has 4 nitrogen and oxygen atoms in total. The van der Waals surface area contributed by atoms with Gasteiger partial charge in [-0.3, -0.25) is 14.9 Å². The monoisotopic (exact) mass is 247 g/mol. The Labute approximate surface area is 95.9 Å². The zero-order valence-electron chi connectivity index (χ0n) is 7.79. The molecule has 0 bridgehead atoms. The van der Waals surface area contributed by atoms with E-state index in [1.165, 1.54) is 19.1 Å². The van der Waals surface area contributed by atoms with Gasteiger partial charge in [0.25, 0.3) is 5.69 Å². The van der Waals surface area contributed by atoms with Crippen LogP contribution in [0.1, 0.15) is 15.9 Å². The van der Waals surface area contributed by atoms with Crippen molar-refractivity contribution in [2.75, 3.05) is 5.88 Å². The molecule has 0 aromatic heterocycles. The summed E-state index contributed by atoms with van der Waals surface area (Å²) in [4.78, 5) is 21.4. The van der Waals surface area contributed by atoms with Gasteiger partial charge in [-0.1, -0.05) is 11.6 Å². The number of ketones is 1. The summed E-state index contributed by atoms with van der Waals surface area (Å²) < 4.78 is 0. The number of carbonyl (C=O) groups is 1. The fraction of sp³-hybridized carbons (Fsp3) is 0.222. The standard InChI is InChI=1S/C9H7Cl2NO3/c1-5-7(12(14)15)3-2-6(11)9(5)8(13)4-10/h2-3H,4H2,1H3. The number of halogens is 2. The lowest BCUT2D eigenvalue weighted by atomic mass is 10.0. The van der Waals surface area contributed by atoms with E-state index in [2.05, 4.69) is 0 Å². The molecule has 0 heterocycles. The van der Waals surface area contributed by atoms with Crippen molar-refractivity contribution in [2.45, 2.75) is 6.92 Å². The van der Waals surface area contributed by atoms with E-state index in [-0.39, 0.29) is 27.7 Å². The molecule has 0 amide bonds. The van der Waals surface area contributed by atoms with Crippen LogP contribution in [0.5, 0.6) is 0 Å². The summed E-state index contributed by atoms with van der Waals surface area (Å²) in [6.07, 6.45) is 0. The predicted octanol–water partition coefficient (Wildman–Crippen LogP) is 2.98. The topological polar surface area (TPSA) is 60.2 Å². The van der Waals surface area contributed by atoms with Gasteiger partial charge in [-0.05, 0) is 13.0 Å². The summed E-state index contributed by atoms with van der Waals surface area (Å²) in [5.41, 5.74) is 0.242. The van der Waals surface area contributed by atoms with Gasteiger partial charge in [0, 0.05) is 17.2 Å². The minimum atomic E-state index is -0.559. The molecular formula is C9H7Cl2NO3. The molecule has 15 heavy (non-hydrogen) atoms. The quantitative estimate of drug-likeness (QED) is 0.357. The van der Waals surface area contributed by atoms with Crippen molar-refractivity contribution in [3.8, 4) is 0 Å². The summed E-state index contributed by atoms with van der Waals surface area (Å²) in [6, 6.07) is 2.59. The number of rotatable bonds is 3. The van der Waals surface area contributed by atoms with Crippen LogP contribution in [0, 0.1) is 17.0 Å². The average molecular weight is 248 g/mol. The maximum absolute atomic E-state index is 11.4. The summed E-state index contributed by atoms with van der Waals surface area (Å²) in [7, 11) is 0. The van der Waals surface area contributed by atoms with E-state index >= 15 is 0 Å². The lowest BCUT2D eigenvalue weighted by molar-refractivity contribution is -0.385. The van der Waals surface area contributed by atoms with Gasteiger partial charge in [0.15, 0.2) is 5.78 Å². The molecule has 0 saturated carbocycles. The predicted molar refractivity (Wildman–Crippen MR) is 57.9 cm³/mol. The molecule has 6 heteroatoms. The molecule has 0 spiro atoms. The molecule has 0 aliphatic rings. The first-order valence-corrected chi connectivity index (χ1v) is 4.93. The smallest absolute Gasteiger partial charge is 0.273 e. The van der Waals surface area contributed by atoms with E-state index in [4.69, 9.17) is 23.2 Å². The highest BCUT2D eigenvalue weighted by molar-refractivity contribution is 6.37. The van der Waals surface area contributed by atoms with Crippen LogP contribution < -0.4 is 0 Å². The maximum Gasteiger partial charge on any atom is 0.273 e. The number of nitro benzene ring substituents is 1. The second-order valence-electron chi connectivity index (χ2n) is 2.88. The Kier molecular flexibility index (Phi) is 3.66. The minimum Gasteiger partial charge on any atom is -0.293 e. The lowest BCUT2D eigenvalue weighted by Crippen LogP contribution is -2.06. The highest BCUT2D eigenvalue weighted by Crippen LogP contribution is 2.28. The van der Waals surface area contributed by atoms with Crippen LogP contribution in [-0.2, 0) is 0 Å². The van der Waals surface area contributed by atoms with Crippen molar-refractivity contribution in [1.82, 2.24) is 0 Å². The molecule has 80 valence electrons. The Morgan fingerprint density at radius 2 is 2.13 bits per heavy atom. The summed E-state index contributed by atoms with van der Waals surface area (Å²) >= 11 is 11.2. The first-order valence-electron chi connectivity index (χ1n) is 4.01. The fourth-order valence-electron chi connectivity index (χ4n) is 1.27. The zero-order valence-corrected chi connectivity index (χ0v) is 9.30. The van der Waals surface area contributed by atoms with Gasteiger partial charge >= 0.3 is 0 Å². The molecule has 0 fully saturated rings. The van der Waals surface area contributed by atoms with Crippen LogP contribution in [0.25, 0.3) is 0 Å². The number of nitrogens with zero attached hydrogens (tertiary/aromatic N) is 1. The third-order valence-corrected chi connectivity index (χ3v) is 2.54. The van der Waals surface area contributed by atoms with Crippen LogP contribution in [0.2, 0.25) is 5.02 Å². The van der Waals surface area contributed by atoms with Crippen molar-refractivity contribution >= 4 is 34.7 Å². The summed E-state index contributed by atoms with van der Waals surface area (Å²) in [5.74, 6) is -0.662. The highest BCUT2D eigenvalue weighted by Gasteiger charge is 2.20. The number of hydrogen-bond acceptors (Lipinski definition) is 3. The van der Waals surface area contributed by atoms with E-state index in [1.54, 1.807) is 0 Å². The van der Waals surface area contributed by atoms with Gasteiger partial charge < -0.3 is 0 Å². The van der Waals surface area contributed by atoms with Crippen molar-refractivity contribution in [3.05, 3.63) is 38.4 Å². The molecule has 0 atom stereocenters. The normalized spacial score (nSPS) is 10.1. The summed E-state index contributed by atoms with van der Waals surface area (Å²) in [6.45, 7) is 1.48. The number of carbonyl (C=O) groups excluding carboxylic acids is 1. The van der Waals surface area contributed by atoms with Gasteiger partial charge in [-0.25, -0.2) is 0 Å². The first kappa shape index (κ1) is 11.9. The average Bonchev–Trinajstić information content (AvgIpc) is 2.16. The second kappa shape index (κ2) is 4.59. The molecule has 0 radical (unpaired) electrons. The second-order valence-corrected chi connectivity index (χ2v) is 3.55. The van der Waals surface area contributed by atoms with E-state index in [1.807, 2.05) is 0 Å². The number of alkyl halides is 1. The van der Waals surface area contributed by atoms with Gasteiger partial charge in [0.1, 0.15) is 0 Å². The number of Topliss-reactive ketones (excluding diaryl/α,β-unsaturated/α-hetero) is 1. The highest BCUT2D eigenvalue weighted by atomic mass is 35.5. The van der Waals surface area contributed by atoms with Crippen LogP contribution in [-0.4, -0.2) is 16.6 Å². The fourth-order valence-corrected chi connectivity index (χ4v) is 1.72. The SMILES string of the molecule is Cc1c([N+](=O)[O-])ccc(Cl)c1C(=O)CCl. The first-order chi connectivity index (χ1) is 6.99. The molecular weight excluding hydrogens is 241 g/mol. The van der Waals surface area contributed by atoms with Crippen molar-refractivity contribution in [2.24, 2.45) is 0 Å². The number of benzene rings is 1. The Morgan fingerprint density at radius 3 is 2.60 bits per heavy atom. The molecule has 1 rings (SSSR count). The van der Waals surface area contributed by atoms with Crippen molar-refractivity contribution in [3.63, 3.8) is 0 Å². The Balaban J connectivity index is 3.43. The van der Waals surface area contributed by atoms with Crippen molar-refractivity contribution in [1.29, 1.82) is 0 Å². The molecule has 1 aromatic rings. The van der Waals surface area contributed by atoms with Crippen LogP contribution in [0.3, 0.4) is 0 Å². The van der Waals surface area contributed by atoms with E-state index in [9.17, 15) is 14.9 Å². The molecule has 1 aromatic carbocycles. The molecule has 0 aliphatic carbocycles. The Hall–Kier alpha value is -1.13. The largest absolute Gasteiger partial charge is 0.293 e. The van der Waals surface area contributed by atoms with Crippen LogP contribution >= 0.6 is 23.2 Å². The van der Waals surface area contributed by atoms with Gasteiger partial charge in [0.05, 0.1) is 15.8 Å². The van der Waals surface area contributed by atoms with E-state index in [0.29, 0.717) is 0 Å². The molecule has 0 unspecified atom stereocenters. The third-order valence-electron chi connectivity index (χ3n) is 1.98. The van der Waals surface area contributed by atoms with Crippen LogP contribution in [0.4, 0.5) is 5.69 Å². The molecule has 0 N–H and O–H groups in total. The van der Waals surface area contributed by atoms with Gasteiger partial charge in [-0.2, -0.15) is 0 Å². The van der Waals surface area contributed by atoms with E-state index < -0.39 is 10.7 Å². The van der Waals surface area contributed by atoms with Crippen molar-refractivity contribution < 1.29 is 9.72 Å². The Bertz CT molecular complexity index is 432. The molecule has 0 aliphatic heterocycles. The summed E-state index contributed by atoms with van der Waals surface area (Å²) in [5, 5.41) is 10.8. The van der Waals surface area contributed by atoms with Gasteiger partial charge in [-0.15, -0.1) is 11.6 Å². The van der Waals surface area contributed by atoms with Crippen LogP contribution in [0.15, 0.2) is 12.1 Å². The number of hydrogen-bond donors (Lipinski definition) is 0. The number of nitro groups is 1. The molecule has 0 saturated heterocycles. The minimum absolute atomic E-state index is 0.126. The third kappa shape index (κ3) is 2.27.